The lowest BCUT2D eigenvalue weighted by atomic mass is 10.3. The minimum Gasteiger partial charge on any atom is -0.354 e. The molecule has 1 saturated heterocycles. The molecular weight excluding hydrogens is 250 g/mol. The number of nitrogens with zero attached hydrogens (tertiary/aromatic N) is 2. The maximum absolute atomic E-state index is 12.4. The number of rotatable bonds is 2. The van der Waals surface area contributed by atoms with Gasteiger partial charge in [-0.05, 0) is 13.3 Å². The number of nitrogens with one attached hydrogen (secondary N) is 1. The molecule has 2 amide bonds. The Morgan fingerprint density at radius 1 is 1.50 bits per heavy atom. The number of hydrogen-bond donors (Lipinski definition) is 1. The molecule has 0 aliphatic carbocycles. The third kappa shape index (κ3) is 2.69. The third-order valence-corrected chi connectivity index (χ3v) is 4.23. The molecule has 18 heavy (non-hydrogen) atoms. The quantitative estimate of drug-likeness (QED) is 0.868. The molecule has 1 N–H and O–H groups in total. The number of amides is 2. The van der Waals surface area contributed by atoms with Crippen molar-refractivity contribution in [2.24, 2.45) is 0 Å². The fourth-order valence-corrected chi connectivity index (χ4v) is 2.89. The van der Waals surface area contributed by atoms with Gasteiger partial charge >= 0.3 is 0 Å². The van der Waals surface area contributed by atoms with Crippen LogP contribution in [0.3, 0.4) is 0 Å². The summed E-state index contributed by atoms with van der Waals surface area (Å²) in [7, 11) is 0. The van der Waals surface area contributed by atoms with E-state index in [1.807, 2.05) is 13.8 Å². The second-order valence-electron chi connectivity index (χ2n) is 4.27. The lowest BCUT2D eigenvalue weighted by Crippen LogP contribution is -2.34. The Balaban J connectivity index is 2.14. The largest absolute Gasteiger partial charge is 0.354 e. The molecule has 5 nitrogen and oxygen atoms in total. The number of aromatic nitrogens is 1. The van der Waals surface area contributed by atoms with Crippen LogP contribution >= 0.6 is 11.3 Å². The van der Waals surface area contributed by atoms with E-state index in [1.54, 1.807) is 4.90 Å². The maximum Gasteiger partial charge on any atom is 0.265 e. The molecule has 1 fully saturated rings. The van der Waals surface area contributed by atoms with Gasteiger partial charge in [-0.2, -0.15) is 0 Å². The average Bonchev–Trinajstić information content (AvgIpc) is 2.59. The molecule has 2 rings (SSSR count). The first-order chi connectivity index (χ1) is 8.61. The lowest BCUT2D eigenvalue weighted by Gasteiger charge is -2.18. The van der Waals surface area contributed by atoms with Crippen molar-refractivity contribution < 1.29 is 9.59 Å². The van der Waals surface area contributed by atoms with Gasteiger partial charge in [-0.3, -0.25) is 9.59 Å². The van der Waals surface area contributed by atoms with Crippen LogP contribution in [0.15, 0.2) is 0 Å². The number of carbonyl (C=O) groups excluding carboxylic acids is 2. The van der Waals surface area contributed by atoms with Crippen LogP contribution in [0.4, 0.5) is 0 Å². The average molecular weight is 267 g/mol. The van der Waals surface area contributed by atoms with Gasteiger partial charge < -0.3 is 10.2 Å². The van der Waals surface area contributed by atoms with Gasteiger partial charge in [-0.1, -0.05) is 6.92 Å². The van der Waals surface area contributed by atoms with Crippen LogP contribution in [-0.4, -0.2) is 41.3 Å². The van der Waals surface area contributed by atoms with Crippen LogP contribution in [0, 0.1) is 6.92 Å². The second-order valence-corrected chi connectivity index (χ2v) is 5.35. The lowest BCUT2D eigenvalue weighted by molar-refractivity contribution is -0.120. The molecule has 98 valence electrons. The van der Waals surface area contributed by atoms with Crippen LogP contribution in [-0.2, 0) is 11.2 Å². The summed E-state index contributed by atoms with van der Waals surface area (Å²) in [6.07, 6.45) is 1.23. The first-order valence-electron chi connectivity index (χ1n) is 6.14. The fourth-order valence-electron chi connectivity index (χ4n) is 1.92. The Labute approximate surface area is 110 Å². The van der Waals surface area contributed by atoms with E-state index >= 15 is 0 Å². The third-order valence-electron chi connectivity index (χ3n) is 2.94. The van der Waals surface area contributed by atoms with E-state index < -0.39 is 0 Å². The molecule has 1 aromatic heterocycles. The van der Waals surface area contributed by atoms with E-state index in [0.717, 1.165) is 17.1 Å². The first kappa shape index (κ1) is 13.0. The monoisotopic (exact) mass is 267 g/mol. The Hall–Kier alpha value is -1.43. The molecule has 0 bridgehead atoms. The molecule has 0 radical (unpaired) electrons. The van der Waals surface area contributed by atoms with Crippen molar-refractivity contribution >= 4 is 23.2 Å². The predicted octanol–water partition coefficient (Wildman–Crippen LogP) is 0.976. The fraction of sp³-hybridized carbons (Fsp3) is 0.583. The van der Waals surface area contributed by atoms with Gasteiger partial charge in [0.2, 0.25) is 5.91 Å². The summed E-state index contributed by atoms with van der Waals surface area (Å²) in [5.74, 6) is 0.0155. The summed E-state index contributed by atoms with van der Waals surface area (Å²) in [4.78, 5) is 30.4. The van der Waals surface area contributed by atoms with Gasteiger partial charge in [-0.25, -0.2) is 4.98 Å². The zero-order chi connectivity index (χ0) is 13.1. The van der Waals surface area contributed by atoms with E-state index in [9.17, 15) is 9.59 Å². The number of aryl methyl sites for hydroxylation is 2. The molecule has 0 aromatic carbocycles. The molecule has 0 saturated carbocycles. The Morgan fingerprint density at radius 3 is 2.94 bits per heavy atom. The Bertz CT molecular complexity index is 470. The summed E-state index contributed by atoms with van der Waals surface area (Å²) in [6, 6.07) is 0. The predicted molar refractivity (Wildman–Crippen MR) is 69.8 cm³/mol. The van der Waals surface area contributed by atoms with E-state index in [0.29, 0.717) is 30.9 Å². The number of carbonyl (C=O) groups is 2. The van der Waals surface area contributed by atoms with Crippen molar-refractivity contribution in [2.45, 2.75) is 26.7 Å². The molecule has 6 heteroatoms. The molecule has 0 unspecified atom stereocenters. The summed E-state index contributed by atoms with van der Waals surface area (Å²) in [5.41, 5.74) is 0.797. The summed E-state index contributed by atoms with van der Waals surface area (Å²) >= 11 is 1.46. The van der Waals surface area contributed by atoms with E-state index in [-0.39, 0.29) is 11.8 Å². The SMILES string of the molecule is CCc1nc(C)c(C(=O)N2CCNC(=O)CC2)s1. The van der Waals surface area contributed by atoms with Crippen molar-refractivity contribution in [3.8, 4) is 0 Å². The van der Waals surface area contributed by atoms with Crippen LogP contribution in [0.2, 0.25) is 0 Å². The highest BCUT2D eigenvalue weighted by atomic mass is 32.1. The van der Waals surface area contributed by atoms with Gasteiger partial charge in [0, 0.05) is 26.1 Å². The highest BCUT2D eigenvalue weighted by molar-refractivity contribution is 7.13. The molecule has 2 heterocycles. The van der Waals surface area contributed by atoms with Crippen LogP contribution in [0.5, 0.6) is 0 Å². The minimum atomic E-state index is 0.00111. The Morgan fingerprint density at radius 2 is 2.28 bits per heavy atom. The zero-order valence-electron chi connectivity index (χ0n) is 10.7. The summed E-state index contributed by atoms with van der Waals surface area (Å²) in [5, 5.41) is 3.75. The second kappa shape index (κ2) is 5.48. The molecule has 1 aliphatic rings. The van der Waals surface area contributed by atoms with Gasteiger partial charge in [-0.15, -0.1) is 11.3 Å². The van der Waals surface area contributed by atoms with Crippen molar-refractivity contribution in [1.29, 1.82) is 0 Å². The molecule has 1 aliphatic heterocycles. The van der Waals surface area contributed by atoms with E-state index in [2.05, 4.69) is 10.3 Å². The minimum absolute atomic E-state index is 0.00111. The van der Waals surface area contributed by atoms with Crippen molar-refractivity contribution in [1.82, 2.24) is 15.2 Å². The van der Waals surface area contributed by atoms with Crippen LogP contribution < -0.4 is 5.32 Å². The van der Waals surface area contributed by atoms with Gasteiger partial charge in [0.05, 0.1) is 10.7 Å². The highest BCUT2D eigenvalue weighted by Gasteiger charge is 2.23. The van der Waals surface area contributed by atoms with Gasteiger partial charge in [0.1, 0.15) is 4.88 Å². The zero-order valence-corrected chi connectivity index (χ0v) is 11.5. The van der Waals surface area contributed by atoms with Crippen LogP contribution in [0.25, 0.3) is 0 Å². The molecule has 0 atom stereocenters. The smallest absolute Gasteiger partial charge is 0.265 e. The number of hydrogen-bond acceptors (Lipinski definition) is 4. The topological polar surface area (TPSA) is 62.3 Å². The van der Waals surface area contributed by atoms with Crippen molar-refractivity contribution in [3.63, 3.8) is 0 Å². The van der Waals surface area contributed by atoms with Crippen LogP contribution in [0.1, 0.15) is 33.7 Å². The molecule has 0 spiro atoms. The molecular formula is C12H17N3O2S. The van der Waals surface area contributed by atoms with Gasteiger partial charge in [0.15, 0.2) is 0 Å². The van der Waals surface area contributed by atoms with Gasteiger partial charge in [0.25, 0.3) is 5.91 Å². The first-order valence-corrected chi connectivity index (χ1v) is 6.95. The maximum atomic E-state index is 12.4. The normalized spacial score (nSPS) is 16.3. The highest BCUT2D eigenvalue weighted by Crippen LogP contribution is 2.20. The van der Waals surface area contributed by atoms with E-state index in [1.165, 1.54) is 11.3 Å². The van der Waals surface area contributed by atoms with Crippen molar-refractivity contribution in [3.05, 3.63) is 15.6 Å². The number of thiazole rings is 1. The molecule has 1 aromatic rings. The summed E-state index contributed by atoms with van der Waals surface area (Å²) < 4.78 is 0. The van der Waals surface area contributed by atoms with Crippen molar-refractivity contribution in [2.75, 3.05) is 19.6 Å². The standard InChI is InChI=1S/C12H17N3O2S/c1-3-10-14-8(2)11(18-10)12(17)15-6-4-9(16)13-5-7-15/h3-7H2,1-2H3,(H,13,16). The van der Waals surface area contributed by atoms with E-state index in [4.69, 9.17) is 0 Å². The summed E-state index contributed by atoms with van der Waals surface area (Å²) in [6.45, 7) is 5.49. The Kier molecular flexibility index (Phi) is 3.96.